The van der Waals surface area contributed by atoms with Crippen LogP contribution in [0.2, 0.25) is 0 Å². The number of likely N-dealkylation sites (N-methyl/N-ethyl adjacent to an activating group) is 1. The molecule has 0 bridgehead atoms. The molecule has 1 aromatic carbocycles. The fraction of sp³-hybridized carbons (Fsp3) is 0.462. The maximum absolute atomic E-state index is 10.4. The Kier molecular flexibility index (Phi) is 8.03. The van der Waals surface area contributed by atoms with Crippen molar-refractivity contribution in [3.05, 3.63) is 35.4 Å². The average Bonchev–Trinajstić information content (AvgIpc) is 2.36. The highest BCUT2D eigenvalue weighted by Gasteiger charge is 2.24. The number of aldehydes is 1. The minimum Gasteiger partial charge on any atom is -0.319 e. The van der Waals surface area contributed by atoms with Gasteiger partial charge in [-0.15, -0.1) is 0 Å². The minimum absolute atomic E-state index is 1.06. The van der Waals surface area contributed by atoms with Crippen molar-refractivity contribution < 1.29 is 18.0 Å². The van der Waals surface area contributed by atoms with Crippen molar-refractivity contribution in [3.63, 3.8) is 0 Å². The van der Waals surface area contributed by atoms with E-state index in [0.717, 1.165) is 19.4 Å². The van der Waals surface area contributed by atoms with E-state index >= 15 is 0 Å². The second-order valence-electron chi connectivity index (χ2n) is 3.64. The first kappa shape index (κ1) is 16.6. The van der Waals surface area contributed by atoms with E-state index in [9.17, 15) is 13.2 Å². The zero-order valence-corrected chi connectivity index (χ0v) is 10.6. The second-order valence-corrected chi connectivity index (χ2v) is 3.64. The lowest BCUT2D eigenvalue weighted by Gasteiger charge is -2.06. The standard InChI is InChI=1S/C11H17N.C2HF3O/c1-3-10-6-4-5-7-11(10)8-9-12-2;3-2(4,5)1-6/h4-7,12H,3,8-9H2,1-2H3;1H. The molecule has 2 nitrogen and oxygen atoms in total. The molecule has 0 unspecified atom stereocenters. The molecule has 5 heteroatoms. The third-order valence-electron chi connectivity index (χ3n) is 2.28. The van der Waals surface area contributed by atoms with Crippen LogP contribution in [0.25, 0.3) is 0 Å². The molecule has 0 amide bonds. The Morgan fingerprint density at radius 2 is 1.72 bits per heavy atom. The number of hydrogen-bond donors (Lipinski definition) is 1. The molecule has 1 aromatic rings. The van der Waals surface area contributed by atoms with E-state index in [1.54, 1.807) is 0 Å². The molecular formula is C13H18F3NO. The predicted molar refractivity (Wildman–Crippen MR) is 65.6 cm³/mol. The monoisotopic (exact) mass is 261 g/mol. The zero-order valence-electron chi connectivity index (χ0n) is 10.6. The van der Waals surface area contributed by atoms with Crippen molar-refractivity contribution in [1.29, 1.82) is 0 Å². The van der Waals surface area contributed by atoms with E-state index in [1.807, 2.05) is 7.05 Å². The normalized spacial score (nSPS) is 10.5. The lowest BCUT2D eigenvalue weighted by Crippen LogP contribution is -2.11. The summed E-state index contributed by atoms with van der Waals surface area (Å²) in [6, 6.07) is 8.66. The fourth-order valence-electron chi connectivity index (χ4n) is 1.41. The van der Waals surface area contributed by atoms with Crippen LogP contribution in [-0.2, 0) is 17.6 Å². The van der Waals surface area contributed by atoms with E-state index in [4.69, 9.17) is 4.79 Å². The van der Waals surface area contributed by atoms with E-state index in [-0.39, 0.29) is 0 Å². The van der Waals surface area contributed by atoms with Gasteiger partial charge in [-0.25, -0.2) is 0 Å². The van der Waals surface area contributed by atoms with E-state index in [2.05, 4.69) is 36.5 Å². The molecule has 0 radical (unpaired) electrons. The van der Waals surface area contributed by atoms with Gasteiger partial charge in [-0.2, -0.15) is 13.2 Å². The fourth-order valence-corrected chi connectivity index (χ4v) is 1.41. The lowest BCUT2D eigenvalue weighted by atomic mass is 10.0. The number of alkyl halides is 3. The Bertz CT molecular complexity index is 350. The average molecular weight is 261 g/mol. The molecule has 0 aromatic heterocycles. The van der Waals surface area contributed by atoms with Gasteiger partial charge in [0.05, 0.1) is 0 Å². The Balaban J connectivity index is 0.000000411. The molecule has 0 saturated heterocycles. The zero-order chi connectivity index (χ0) is 14.0. The summed E-state index contributed by atoms with van der Waals surface area (Å²) in [5, 5.41) is 3.17. The first-order valence-corrected chi connectivity index (χ1v) is 5.69. The van der Waals surface area contributed by atoms with Gasteiger partial charge in [0.2, 0.25) is 6.29 Å². The van der Waals surface area contributed by atoms with Gasteiger partial charge in [0.1, 0.15) is 0 Å². The lowest BCUT2D eigenvalue weighted by molar-refractivity contribution is -0.156. The second kappa shape index (κ2) is 8.69. The number of hydrogen-bond acceptors (Lipinski definition) is 2. The molecule has 0 aliphatic heterocycles. The number of nitrogens with one attached hydrogen (secondary N) is 1. The van der Waals surface area contributed by atoms with Crippen LogP contribution in [0.3, 0.4) is 0 Å². The van der Waals surface area contributed by atoms with E-state index in [1.165, 1.54) is 11.1 Å². The van der Waals surface area contributed by atoms with Crippen LogP contribution in [0, 0.1) is 0 Å². The maximum Gasteiger partial charge on any atom is 0.446 e. The molecule has 0 atom stereocenters. The molecule has 1 N–H and O–H groups in total. The van der Waals surface area contributed by atoms with Crippen LogP contribution in [0.15, 0.2) is 24.3 Å². The Morgan fingerprint density at radius 1 is 1.22 bits per heavy atom. The number of aryl methyl sites for hydroxylation is 1. The molecule has 18 heavy (non-hydrogen) atoms. The van der Waals surface area contributed by atoms with Crippen molar-refractivity contribution in [1.82, 2.24) is 5.32 Å². The van der Waals surface area contributed by atoms with Crippen molar-refractivity contribution in [3.8, 4) is 0 Å². The molecule has 0 fully saturated rings. The van der Waals surface area contributed by atoms with Crippen molar-refractivity contribution in [2.24, 2.45) is 0 Å². The third kappa shape index (κ3) is 7.84. The molecule has 0 aliphatic carbocycles. The highest BCUT2D eigenvalue weighted by Crippen LogP contribution is 2.09. The molecule has 0 aliphatic rings. The highest BCUT2D eigenvalue weighted by atomic mass is 19.4. The van der Waals surface area contributed by atoms with Gasteiger partial charge in [-0.3, -0.25) is 4.79 Å². The van der Waals surface area contributed by atoms with Crippen LogP contribution in [-0.4, -0.2) is 26.1 Å². The van der Waals surface area contributed by atoms with Gasteiger partial charge in [0.25, 0.3) is 0 Å². The Labute approximate surface area is 105 Å². The van der Waals surface area contributed by atoms with Crippen LogP contribution in [0.5, 0.6) is 0 Å². The Morgan fingerprint density at radius 3 is 2.11 bits per heavy atom. The van der Waals surface area contributed by atoms with Gasteiger partial charge in [0.15, 0.2) is 0 Å². The summed E-state index contributed by atoms with van der Waals surface area (Å²) in [6.45, 7) is 3.27. The minimum atomic E-state index is -4.64. The smallest absolute Gasteiger partial charge is 0.319 e. The molecule has 0 spiro atoms. The quantitative estimate of drug-likeness (QED) is 0.844. The number of halogens is 3. The summed E-state index contributed by atoms with van der Waals surface area (Å²) in [4.78, 5) is 8.70. The van der Waals surface area contributed by atoms with Crippen LogP contribution < -0.4 is 5.32 Å². The molecular weight excluding hydrogens is 243 g/mol. The summed E-state index contributed by atoms with van der Waals surface area (Å²) >= 11 is 0. The first-order valence-electron chi connectivity index (χ1n) is 5.69. The van der Waals surface area contributed by atoms with E-state index < -0.39 is 12.5 Å². The van der Waals surface area contributed by atoms with Gasteiger partial charge in [-0.05, 0) is 37.6 Å². The largest absolute Gasteiger partial charge is 0.446 e. The molecule has 102 valence electrons. The molecule has 0 saturated carbocycles. The van der Waals surface area contributed by atoms with Crippen LogP contribution in [0.4, 0.5) is 13.2 Å². The third-order valence-corrected chi connectivity index (χ3v) is 2.28. The topological polar surface area (TPSA) is 29.1 Å². The van der Waals surface area contributed by atoms with Crippen LogP contribution in [0.1, 0.15) is 18.1 Å². The van der Waals surface area contributed by atoms with Gasteiger partial charge in [-0.1, -0.05) is 31.2 Å². The Hall–Kier alpha value is -1.36. The predicted octanol–water partition coefficient (Wildman–Crippen LogP) is 2.76. The molecule has 0 heterocycles. The van der Waals surface area contributed by atoms with Gasteiger partial charge >= 0.3 is 6.18 Å². The number of carbonyl (C=O) groups excluding carboxylic acids is 1. The number of carbonyl (C=O) groups is 1. The van der Waals surface area contributed by atoms with Crippen molar-refractivity contribution in [2.45, 2.75) is 25.9 Å². The summed E-state index contributed by atoms with van der Waals surface area (Å²) in [6.07, 6.45) is -3.42. The van der Waals surface area contributed by atoms with E-state index in [0.29, 0.717) is 0 Å². The van der Waals surface area contributed by atoms with Crippen molar-refractivity contribution in [2.75, 3.05) is 13.6 Å². The summed E-state index contributed by atoms with van der Waals surface area (Å²) < 4.78 is 31.2. The number of rotatable bonds is 4. The van der Waals surface area contributed by atoms with Gasteiger partial charge in [0, 0.05) is 0 Å². The van der Waals surface area contributed by atoms with Crippen LogP contribution >= 0.6 is 0 Å². The molecule has 1 rings (SSSR count). The van der Waals surface area contributed by atoms with Gasteiger partial charge < -0.3 is 5.32 Å². The summed E-state index contributed by atoms with van der Waals surface area (Å²) in [5.74, 6) is 0. The maximum atomic E-state index is 10.4. The first-order chi connectivity index (χ1) is 8.44. The van der Waals surface area contributed by atoms with Crippen molar-refractivity contribution >= 4 is 6.29 Å². The highest BCUT2D eigenvalue weighted by molar-refractivity contribution is 5.56. The summed E-state index contributed by atoms with van der Waals surface area (Å²) in [7, 11) is 1.99. The number of benzene rings is 1. The SMILES string of the molecule is CCc1ccccc1CCNC.O=CC(F)(F)F. The summed E-state index contributed by atoms with van der Waals surface area (Å²) in [5.41, 5.74) is 2.96.